The molecule has 1 saturated carbocycles. The second kappa shape index (κ2) is 4.31. The smallest absolute Gasteiger partial charge is 0.269 e. The van der Waals surface area contributed by atoms with Gasteiger partial charge < -0.3 is 5.32 Å². The van der Waals surface area contributed by atoms with Gasteiger partial charge in [-0.15, -0.1) is 0 Å². The van der Waals surface area contributed by atoms with Gasteiger partial charge in [0, 0.05) is 12.7 Å². The lowest BCUT2D eigenvalue weighted by molar-refractivity contribution is 0.0946. The van der Waals surface area contributed by atoms with Gasteiger partial charge in [0.2, 0.25) is 0 Å². The number of carbonyl (C=O) groups is 1. The summed E-state index contributed by atoms with van der Waals surface area (Å²) in [5.74, 6) is 1.19. The highest BCUT2D eigenvalue weighted by Gasteiger charge is 2.32. The second-order valence-corrected chi connectivity index (χ2v) is 4.23. The van der Waals surface area contributed by atoms with E-state index in [1.54, 1.807) is 12.1 Å². The van der Waals surface area contributed by atoms with Crippen LogP contribution >= 0.6 is 0 Å². The number of rotatable bonds is 3. The van der Waals surface area contributed by atoms with Crippen molar-refractivity contribution in [3.05, 3.63) is 29.6 Å². The Morgan fingerprint density at radius 1 is 1.69 bits per heavy atom. The van der Waals surface area contributed by atoms with Crippen LogP contribution in [0.5, 0.6) is 0 Å². The fourth-order valence-electron chi connectivity index (χ4n) is 1.59. The molecule has 0 aliphatic heterocycles. The molecule has 16 heavy (non-hydrogen) atoms. The van der Waals surface area contributed by atoms with Gasteiger partial charge in [0.1, 0.15) is 11.8 Å². The quantitative estimate of drug-likeness (QED) is 0.827. The van der Waals surface area contributed by atoms with Crippen molar-refractivity contribution >= 4 is 5.91 Å². The van der Waals surface area contributed by atoms with Gasteiger partial charge in [-0.3, -0.25) is 4.79 Å². The Balaban J connectivity index is 1.90. The van der Waals surface area contributed by atoms with Gasteiger partial charge in [0.05, 0.1) is 5.56 Å². The molecule has 1 aromatic heterocycles. The van der Waals surface area contributed by atoms with Crippen molar-refractivity contribution in [1.82, 2.24) is 10.3 Å². The van der Waals surface area contributed by atoms with Crippen LogP contribution in [0, 0.1) is 23.2 Å². The van der Waals surface area contributed by atoms with E-state index in [4.69, 9.17) is 5.26 Å². The Labute approximate surface area is 94.3 Å². The van der Waals surface area contributed by atoms with E-state index >= 15 is 0 Å². The van der Waals surface area contributed by atoms with Crippen LogP contribution in [0.2, 0.25) is 0 Å². The first-order valence-electron chi connectivity index (χ1n) is 5.35. The molecular formula is C12H13N3O. The van der Waals surface area contributed by atoms with E-state index in [2.05, 4.69) is 17.2 Å². The maximum absolute atomic E-state index is 11.6. The summed E-state index contributed by atoms with van der Waals surface area (Å²) in [6.45, 7) is 2.90. The number of aromatic nitrogens is 1. The van der Waals surface area contributed by atoms with Crippen molar-refractivity contribution in [2.75, 3.05) is 6.54 Å². The molecule has 1 amide bonds. The van der Waals surface area contributed by atoms with Crippen LogP contribution in [0.3, 0.4) is 0 Å². The highest BCUT2D eigenvalue weighted by Crippen LogP contribution is 2.36. The highest BCUT2D eigenvalue weighted by molar-refractivity contribution is 5.92. The predicted octanol–water partition coefficient (Wildman–Crippen LogP) is 1.34. The number of nitrogens with zero attached hydrogens (tertiary/aromatic N) is 2. The summed E-state index contributed by atoms with van der Waals surface area (Å²) < 4.78 is 0. The van der Waals surface area contributed by atoms with Crippen LogP contribution in [-0.2, 0) is 0 Å². The zero-order valence-corrected chi connectivity index (χ0v) is 9.10. The summed E-state index contributed by atoms with van der Waals surface area (Å²) in [5, 5.41) is 11.4. The summed E-state index contributed by atoms with van der Waals surface area (Å²) in [6, 6.07) is 5.14. The summed E-state index contributed by atoms with van der Waals surface area (Å²) in [6.07, 6.45) is 2.61. The number of nitriles is 1. The standard InChI is InChI=1S/C12H13N3O/c1-8-4-10(8)7-15-12(16)11-3-2-9(5-13)6-14-11/h2-3,6,8,10H,4,7H2,1H3,(H,15,16). The second-order valence-electron chi connectivity index (χ2n) is 4.23. The number of hydrogen-bond donors (Lipinski definition) is 1. The van der Waals surface area contributed by atoms with E-state index in [-0.39, 0.29) is 5.91 Å². The van der Waals surface area contributed by atoms with E-state index in [9.17, 15) is 4.79 Å². The normalized spacial score (nSPS) is 22.2. The fraction of sp³-hybridized carbons (Fsp3) is 0.417. The number of pyridine rings is 1. The number of carbonyl (C=O) groups excluding carboxylic acids is 1. The zero-order valence-electron chi connectivity index (χ0n) is 9.10. The Bertz CT molecular complexity index is 433. The molecule has 1 N–H and O–H groups in total. The van der Waals surface area contributed by atoms with Gasteiger partial charge in [-0.2, -0.15) is 5.26 Å². The molecule has 4 heteroatoms. The largest absolute Gasteiger partial charge is 0.350 e. The molecule has 1 aliphatic rings. The molecule has 0 spiro atoms. The summed E-state index contributed by atoms with van der Waals surface area (Å²) in [5.41, 5.74) is 0.833. The van der Waals surface area contributed by atoms with Crippen LogP contribution in [0.1, 0.15) is 29.4 Å². The number of nitrogens with one attached hydrogen (secondary N) is 1. The molecule has 1 aromatic rings. The molecule has 0 aromatic carbocycles. The zero-order chi connectivity index (χ0) is 11.5. The number of amides is 1. The number of hydrogen-bond acceptors (Lipinski definition) is 3. The van der Waals surface area contributed by atoms with Crippen molar-refractivity contribution < 1.29 is 4.79 Å². The molecule has 0 saturated heterocycles. The molecule has 0 radical (unpaired) electrons. The lowest BCUT2D eigenvalue weighted by atomic mass is 10.2. The molecular weight excluding hydrogens is 202 g/mol. The average Bonchev–Trinajstić information content (AvgIpc) is 3.02. The first-order chi connectivity index (χ1) is 7.70. The van der Waals surface area contributed by atoms with E-state index in [0.29, 0.717) is 17.2 Å². The summed E-state index contributed by atoms with van der Waals surface area (Å²) in [4.78, 5) is 15.6. The van der Waals surface area contributed by atoms with Gasteiger partial charge in [0.15, 0.2) is 0 Å². The SMILES string of the molecule is CC1CC1CNC(=O)c1ccc(C#N)cn1. The van der Waals surface area contributed by atoms with Gasteiger partial charge in [-0.25, -0.2) is 4.98 Å². The van der Waals surface area contributed by atoms with E-state index in [1.807, 2.05) is 6.07 Å². The monoisotopic (exact) mass is 215 g/mol. The average molecular weight is 215 g/mol. The molecule has 4 nitrogen and oxygen atoms in total. The van der Waals surface area contributed by atoms with E-state index in [0.717, 1.165) is 12.5 Å². The van der Waals surface area contributed by atoms with Crippen molar-refractivity contribution in [3.63, 3.8) is 0 Å². The van der Waals surface area contributed by atoms with Crippen molar-refractivity contribution in [2.45, 2.75) is 13.3 Å². The van der Waals surface area contributed by atoms with Gasteiger partial charge >= 0.3 is 0 Å². The highest BCUT2D eigenvalue weighted by atomic mass is 16.1. The lowest BCUT2D eigenvalue weighted by Gasteiger charge is -2.03. The minimum atomic E-state index is -0.163. The molecule has 1 aliphatic carbocycles. The maximum Gasteiger partial charge on any atom is 0.269 e. The van der Waals surface area contributed by atoms with Crippen LogP contribution in [0.15, 0.2) is 18.3 Å². The van der Waals surface area contributed by atoms with Gasteiger partial charge in [0.25, 0.3) is 5.91 Å². The van der Waals surface area contributed by atoms with Crippen LogP contribution < -0.4 is 5.32 Å². The molecule has 1 fully saturated rings. The first kappa shape index (κ1) is 10.6. The molecule has 2 unspecified atom stereocenters. The van der Waals surface area contributed by atoms with Crippen molar-refractivity contribution in [1.29, 1.82) is 5.26 Å². The Morgan fingerprint density at radius 3 is 2.94 bits per heavy atom. The third kappa shape index (κ3) is 2.37. The topological polar surface area (TPSA) is 65.8 Å². The first-order valence-corrected chi connectivity index (χ1v) is 5.35. The Morgan fingerprint density at radius 2 is 2.44 bits per heavy atom. The minimum Gasteiger partial charge on any atom is -0.350 e. The molecule has 2 rings (SSSR count). The van der Waals surface area contributed by atoms with E-state index < -0.39 is 0 Å². The lowest BCUT2D eigenvalue weighted by Crippen LogP contribution is -2.26. The molecule has 2 atom stereocenters. The predicted molar refractivity (Wildman–Crippen MR) is 58.6 cm³/mol. The van der Waals surface area contributed by atoms with Gasteiger partial charge in [-0.05, 0) is 30.4 Å². The van der Waals surface area contributed by atoms with Crippen LogP contribution in [0.4, 0.5) is 0 Å². The molecule has 0 bridgehead atoms. The Kier molecular flexibility index (Phi) is 2.86. The summed E-state index contributed by atoms with van der Waals surface area (Å²) >= 11 is 0. The fourth-order valence-corrected chi connectivity index (χ4v) is 1.59. The minimum absolute atomic E-state index is 0.163. The van der Waals surface area contributed by atoms with E-state index in [1.165, 1.54) is 12.6 Å². The van der Waals surface area contributed by atoms with Gasteiger partial charge in [-0.1, -0.05) is 6.92 Å². The third-order valence-corrected chi connectivity index (χ3v) is 2.93. The molecule has 1 heterocycles. The molecule has 82 valence electrons. The van der Waals surface area contributed by atoms with Crippen molar-refractivity contribution in [3.8, 4) is 6.07 Å². The Hall–Kier alpha value is -1.89. The van der Waals surface area contributed by atoms with Crippen molar-refractivity contribution in [2.24, 2.45) is 11.8 Å². The summed E-state index contributed by atoms with van der Waals surface area (Å²) in [7, 11) is 0. The maximum atomic E-state index is 11.6. The van der Waals surface area contributed by atoms with Crippen LogP contribution in [-0.4, -0.2) is 17.4 Å². The third-order valence-electron chi connectivity index (χ3n) is 2.93. The van der Waals surface area contributed by atoms with Crippen LogP contribution in [0.25, 0.3) is 0 Å².